The molecule has 1 aromatic carbocycles. The number of nitrogens with zero attached hydrogens (tertiary/aromatic N) is 1. The number of aliphatic hydroxyl groups is 3. The van der Waals surface area contributed by atoms with Gasteiger partial charge in [0, 0.05) is 11.5 Å². The quantitative estimate of drug-likeness (QED) is 0.209. The van der Waals surface area contributed by atoms with Gasteiger partial charge >= 0.3 is 5.97 Å². The fourth-order valence-electron chi connectivity index (χ4n) is 5.83. The summed E-state index contributed by atoms with van der Waals surface area (Å²) in [4.78, 5) is 53.2. The van der Waals surface area contributed by atoms with E-state index in [-0.39, 0.29) is 41.7 Å². The predicted molar refractivity (Wildman–Crippen MR) is 129 cm³/mol. The molecule has 0 saturated heterocycles. The van der Waals surface area contributed by atoms with Crippen molar-refractivity contribution in [1.82, 2.24) is 4.90 Å². The fraction of sp³-hybridized carbons (Fsp3) is 0.462. The number of aromatic hydroxyl groups is 1. The van der Waals surface area contributed by atoms with Gasteiger partial charge in [-0.2, -0.15) is 0 Å². The number of hydrogen-bond donors (Lipinski definition) is 5. The van der Waals surface area contributed by atoms with E-state index >= 15 is 0 Å². The number of nitrogens with two attached hydrogens (primary N) is 1. The minimum absolute atomic E-state index is 0.0150. The highest BCUT2D eigenvalue weighted by molar-refractivity contribution is 6.25. The lowest BCUT2D eigenvalue weighted by Crippen LogP contribution is -2.63. The molecule has 4 atom stereocenters. The smallest absolute Gasteiger partial charge is 0.338 e. The van der Waals surface area contributed by atoms with Crippen LogP contribution < -0.4 is 5.73 Å². The highest BCUT2D eigenvalue weighted by Gasteiger charge is 2.63. The molecule has 1 amide bonds. The van der Waals surface area contributed by atoms with Crippen molar-refractivity contribution < 1.29 is 44.3 Å². The van der Waals surface area contributed by atoms with Gasteiger partial charge in [-0.1, -0.05) is 13.3 Å². The summed E-state index contributed by atoms with van der Waals surface area (Å²) in [7, 11) is 3.10. The van der Waals surface area contributed by atoms with Crippen molar-refractivity contribution in [2.75, 3.05) is 20.7 Å². The molecule has 0 fully saturated rings. The Labute approximate surface area is 212 Å². The maximum Gasteiger partial charge on any atom is 0.338 e. The lowest BCUT2D eigenvalue weighted by molar-refractivity contribution is -0.148. The number of unbranched alkanes of at least 4 members (excludes halogenated alkanes) is 1. The predicted octanol–water partition coefficient (Wildman–Crippen LogP) is 1.08. The Morgan fingerprint density at radius 3 is 2.46 bits per heavy atom. The number of hydrogen-bond acceptors (Lipinski definition) is 10. The number of ketones is 2. The molecule has 3 aliphatic carbocycles. The molecular formula is C26H30N2O9. The molecule has 1 aromatic rings. The molecule has 0 unspecified atom stereocenters. The molecule has 0 heterocycles. The Balaban J connectivity index is 1.88. The molecule has 0 saturated carbocycles. The lowest BCUT2D eigenvalue weighted by atomic mass is 9.58. The number of carbonyl (C=O) groups excluding carboxylic acids is 4. The van der Waals surface area contributed by atoms with Gasteiger partial charge in [-0.3, -0.25) is 19.3 Å². The summed E-state index contributed by atoms with van der Waals surface area (Å²) in [5.74, 6) is -8.06. The average molecular weight is 515 g/mol. The first kappa shape index (κ1) is 26.4. The third-order valence-corrected chi connectivity index (χ3v) is 7.56. The molecule has 0 aromatic heterocycles. The van der Waals surface area contributed by atoms with Crippen LogP contribution in [-0.4, -0.2) is 81.1 Å². The Morgan fingerprint density at radius 1 is 1.19 bits per heavy atom. The average Bonchev–Trinajstić information content (AvgIpc) is 2.81. The Bertz CT molecular complexity index is 1280. The normalized spacial score (nSPS) is 27.1. The van der Waals surface area contributed by atoms with Crippen molar-refractivity contribution in [2.45, 2.75) is 44.2 Å². The molecule has 4 rings (SSSR count). The number of phenolic OH excluding ortho intramolecular Hbond substituents is 1. The lowest BCUT2D eigenvalue weighted by Gasteiger charge is -2.50. The summed E-state index contributed by atoms with van der Waals surface area (Å²) >= 11 is 0. The number of fused-ring (bicyclic) bond motifs is 3. The van der Waals surface area contributed by atoms with Gasteiger partial charge in [0.15, 0.2) is 11.4 Å². The molecule has 198 valence electrons. The van der Waals surface area contributed by atoms with Gasteiger partial charge in [0.1, 0.15) is 22.8 Å². The first-order valence-corrected chi connectivity index (χ1v) is 12.0. The van der Waals surface area contributed by atoms with Crippen LogP contribution in [0.2, 0.25) is 0 Å². The summed E-state index contributed by atoms with van der Waals surface area (Å²) in [6.07, 6.45) is 1.41. The van der Waals surface area contributed by atoms with Crippen LogP contribution in [-0.2, 0) is 20.7 Å². The second-order valence-corrected chi connectivity index (χ2v) is 9.94. The zero-order chi connectivity index (χ0) is 27.4. The van der Waals surface area contributed by atoms with E-state index in [1.165, 1.54) is 17.0 Å². The second kappa shape index (κ2) is 9.31. The SMILES string of the molecule is CCCCOC(=O)c1ccc(O)c2c1C[C@H]1C[C@H]3[C@H](N(C)C)C(O)=C(C(N)=O)C(=O)[C@@]3(O)C(O)=C1C2=O. The summed E-state index contributed by atoms with van der Waals surface area (Å²) in [5.41, 5.74) is 1.56. The third kappa shape index (κ3) is 3.80. The highest BCUT2D eigenvalue weighted by Crippen LogP contribution is 2.52. The van der Waals surface area contributed by atoms with Crippen molar-refractivity contribution >= 4 is 23.4 Å². The fourth-order valence-corrected chi connectivity index (χ4v) is 5.83. The van der Waals surface area contributed by atoms with Crippen LogP contribution >= 0.6 is 0 Å². The van der Waals surface area contributed by atoms with Crippen LogP contribution in [0.15, 0.2) is 34.8 Å². The maximum atomic E-state index is 13.6. The van der Waals surface area contributed by atoms with Crippen LogP contribution in [0.3, 0.4) is 0 Å². The molecule has 11 heteroatoms. The number of esters is 1. The third-order valence-electron chi connectivity index (χ3n) is 7.56. The number of allylic oxidation sites excluding steroid dienone is 1. The monoisotopic (exact) mass is 514 g/mol. The van der Waals surface area contributed by atoms with Crippen LogP contribution in [0.4, 0.5) is 0 Å². The number of phenols is 1. The molecule has 6 N–H and O–H groups in total. The second-order valence-electron chi connectivity index (χ2n) is 9.94. The van der Waals surface area contributed by atoms with Crippen molar-refractivity contribution in [3.05, 3.63) is 51.5 Å². The summed E-state index contributed by atoms with van der Waals surface area (Å²) in [6.45, 7) is 2.12. The van der Waals surface area contributed by atoms with E-state index in [4.69, 9.17) is 10.5 Å². The first-order valence-electron chi connectivity index (χ1n) is 12.0. The topological polar surface area (TPSA) is 188 Å². The van der Waals surface area contributed by atoms with Crippen LogP contribution in [0.1, 0.15) is 52.5 Å². The Kier molecular flexibility index (Phi) is 6.63. The molecule has 0 spiro atoms. The minimum Gasteiger partial charge on any atom is -0.510 e. The number of primary amides is 1. The molecule has 11 nitrogen and oxygen atoms in total. The Morgan fingerprint density at radius 2 is 1.86 bits per heavy atom. The number of likely N-dealkylation sites (N-methyl/N-ethyl adjacent to an activating group) is 1. The standard InChI is InChI=1S/C26H30N2O9/c1-4-5-8-37-25(35)12-6-7-15(29)17-13(12)9-11-10-14-19(28(2)3)21(31)18(24(27)34)23(33)26(14,36)22(32)16(11)20(17)30/h6-7,11,14,19,29,31-32,36H,4-5,8-10H2,1-3H3,(H2,27,34)/t11-,14-,19-,26-/m0/s1. The number of aliphatic hydroxyl groups excluding tert-OH is 2. The van der Waals surface area contributed by atoms with E-state index in [1.807, 2.05) is 6.92 Å². The van der Waals surface area contributed by atoms with Crippen molar-refractivity contribution in [3.8, 4) is 5.75 Å². The van der Waals surface area contributed by atoms with Crippen molar-refractivity contribution in [3.63, 3.8) is 0 Å². The highest BCUT2D eigenvalue weighted by atomic mass is 16.5. The summed E-state index contributed by atoms with van der Waals surface area (Å²) in [6, 6.07) is 1.45. The molecule has 0 aliphatic heterocycles. The Hall–Kier alpha value is -3.70. The number of Topliss-reactive ketones (excluding diaryl/α,β-unsaturated/α-hetero) is 2. The number of ether oxygens (including phenoxy) is 1. The first-order chi connectivity index (χ1) is 17.4. The van der Waals surface area contributed by atoms with Gasteiger partial charge < -0.3 is 30.9 Å². The van der Waals surface area contributed by atoms with E-state index in [9.17, 15) is 39.6 Å². The van der Waals surface area contributed by atoms with Crippen LogP contribution in [0, 0.1) is 11.8 Å². The number of carbonyl (C=O) groups is 4. The molecular weight excluding hydrogens is 484 g/mol. The van der Waals surface area contributed by atoms with Gasteiger partial charge in [0.25, 0.3) is 5.91 Å². The molecule has 3 aliphatic rings. The van der Waals surface area contributed by atoms with E-state index in [0.717, 1.165) is 6.42 Å². The van der Waals surface area contributed by atoms with Gasteiger partial charge in [0.05, 0.1) is 23.8 Å². The number of rotatable bonds is 6. The summed E-state index contributed by atoms with van der Waals surface area (Å²) < 4.78 is 5.31. The number of amides is 1. The largest absolute Gasteiger partial charge is 0.510 e. The van der Waals surface area contributed by atoms with Crippen molar-refractivity contribution in [2.24, 2.45) is 17.6 Å². The van der Waals surface area contributed by atoms with Gasteiger partial charge in [-0.15, -0.1) is 0 Å². The van der Waals surface area contributed by atoms with E-state index in [1.54, 1.807) is 14.1 Å². The minimum atomic E-state index is -2.71. The van der Waals surface area contributed by atoms with E-state index in [2.05, 4.69) is 0 Å². The van der Waals surface area contributed by atoms with Gasteiger partial charge in [-0.25, -0.2) is 4.79 Å². The summed E-state index contributed by atoms with van der Waals surface area (Å²) in [5, 5.41) is 44.2. The van der Waals surface area contributed by atoms with E-state index in [0.29, 0.717) is 6.42 Å². The maximum absolute atomic E-state index is 13.6. The molecule has 0 bridgehead atoms. The zero-order valence-corrected chi connectivity index (χ0v) is 20.8. The zero-order valence-electron chi connectivity index (χ0n) is 20.8. The van der Waals surface area contributed by atoms with E-state index < -0.39 is 69.8 Å². The van der Waals surface area contributed by atoms with Crippen LogP contribution in [0.25, 0.3) is 0 Å². The van der Waals surface area contributed by atoms with Gasteiger partial charge in [-0.05, 0) is 57.0 Å². The van der Waals surface area contributed by atoms with Crippen molar-refractivity contribution in [1.29, 1.82) is 0 Å². The molecule has 0 radical (unpaired) electrons. The molecule has 37 heavy (non-hydrogen) atoms. The van der Waals surface area contributed by atoms with Gasteiger partial charge in [0.2, 0.25) is 5.78 Å². The van der Waals surface area contributed by atoms with Crippen LogP contribution in [0.5, 0.6) is 5.75 Å². The number of benzene rings is 1.